The Balaban J connectivity index is 1.96. The fourth-order valence-corrected chi connectivity index (χ4v) is 2.51. The molecule has 1 aromatic heterocycles. The van der Waals surface area contributed by atoms with Gasteiger partial charge in [0, 0.05) is 41.3 Å². The van der Waals surface area contributed by atoms with Crippen molar-refractivity contribution in [1.29, 1.82) is 0 Å². The van der Waals surface area contributed by atoms with Gasteiger partial charge in [-0.3, -0.25) is 0 Å². The van der Waals surface area contributed by atoms with E-state index in [1.165, 1.54) is 23.7 Å². The Morgan fingerprint density at radius 2 is 2.17 bits per heavy atom. The maximum Gasteiger partial charge on any atom is 0.0481 e. The molecule has 0 bridgehead atoms. The summed E-state index contributed by atoms with van der Waals surface area (Å²) in [6.07, 6.45) is 4.61. The van der Waals surface area contributed by atoms with Crippen LogP contribution in [0.4, 0.5) is 0 Å². The van der Waals surface area contributed by atoms with Crippen LogP contribution >= 0.6 is 11.6 Å². The van der Waals surface area contributed by atoms with Crippen LogP contribution in [0.2, 0.25) is 5.02 Å². The van der Waals surface area contributed by atoms with Gasteiger partial charge in [-0.05, 0) is 37.6 Å². The molecule has 0 saturated carbocycles. The molecule has 2 nitrogen and oxygen atoms in total. The first-order chi connectivity index (χ1) is 8.70. The normalized spacial score (nSPS) is 13.1. The van der Waals surface area contributed by atoms with Gasteiger partial charge in [0.1, 0.15) is 0 Å². The van der Waals surface area contributed by atoms with E-state index in [0.29, 0.717) is 6.04 Å². The summed E-state index contributed by atoms with van der Waals surface area (Å²) in [4.78, 5) is 0. The predicted octanol–water partition coefficient (Wildman–Crippen LogP) is 4.07. The third-order valence-electron chi connectivity index (χ3n) is 3.30. The molecule has 0 amide bonds. The highest BCUT2D eigenvalue weighted by atomic mass is 35.5. The number of fused-ring (bicyclic) bond motifs is 1. The first-order valence-electron chi connectivity index (χ1n) is 6.68. The van der Waals surface area contributed by atoms with E-state index < -0.39 is 0 Å². The minimum absolute atomic E-state index is 0.603. The maximum absolute atomic E-state index is 5.99. The molecule has 3 heteroatoms. The van der Waals surface area contributed by atoms with Crippen molar-refractivity contribution in [2.75, 3.05) is 6.54 Å². The highest BCUT2D eigenvalue weighted by Gasteiger charge is 2.02. The fraction of sp³-hybridized carbons (Fsp3) is 0.467. The third kappa shape index (κ3) is 3.27. The van der Waals surface area contributed by atoms with Gasteiger partial charge in [0.25, 0.3) is 0 Å². The van der Waals surface area contributed by atoms with Gasteiger partial charge >= 0.3 is 0 Å². The molecule has 98 valence electrons. The van der Waals surface area contributed by atoms with Crippen molar-refractivity contribution in [3.8, 4) is 0 Å². The summed E-state index contributed by atoms with van der Waals surface area (Å²) in [5.74, 6) is 0. The Kier molecular flexibility index (Phi) is 4.67. The average Bonchev–Trinajstić information content (AvgIpc) is 2.72. The third-order valence-corrected chi connectivity index (χ3v) is 3.54. The van der Waals surface area contributed by atoms with E-state index in [2.05, 4.69) is 42.1 Å². The molecule has 2 aromatic rings. The van der Waals surface area contributed by atoms with E-state index >= 15 is 0 Å². The number of nitrogens with zero attached hydrogens (tertiary/aromatic N) is 1. The molecule has 1 N–H and O–H groups in total. The predicted molar refractivity (Wildman–Crippen MR) is 79.3 cm³/mol. The standard InChI is InChI=1S/C15H21ClN2/c1-3-4-12(2)17-8-10-18-9-7-13-11-14(16)5-6-15(13)18/h5-7,9,11-12,17H,3-4,8,10H2,1-2H3. The zero-order valence-corrected chi connectivity index (χ0v) is 11.9. The molecule has 2 rings (SSSR count). The SMILES string of the molecule is CCCC(C)NCCn1ccc2cc(Cl)ccc21. The molecule has 0 fully saturated rings. The van der Waals surface area contributed by atoms with Crippen LogP contribution in [0, 0.1) is 0 Å². The molecule has 0 aliphatic heterocycles. The molecule has 0 aliphatic carbocycles. The van der Waals surface area contributed by atoms with Gasteiger partial charge in [-0.1, -0.05) is 24.9 Å². The topological polar surface area (TPSA) is 17.0 Å². The van der Waals surface area contributed by atoms with E-state index in [0.717, 1.165) is 18.1 Å². The number of rotatable bonds is 6. The van der Waals surface area contributed by atoms with Crippen molar-refractivity contribution in [2.45, 2.75) is 39.3 Å². The minimum atomic E-state index is 0.603. The first kappa shape index (κ1) is 13.4. The molecule has 0 radical (unpaired) electrons. The largest absolute Gasteiger partial charge is 0.346 e. The number of halogens is 1. The van der Waals surface area contributed by atoms with E-state index in [-0.39, 0.29) is 0 Å². The van der Waals surface area contributed by atoms with Gasteiger partial charge in [-0.15, -0.1) is 0 Å². The summed E-state index contributed by atoms with van der Waals surface area (Å²) in [6.45, 7) is 6.48. The lowest BCUT2D eigenvalue weighted by molar-refractivity contribution is 0.489. The van der Waals surface area contributed by atoms with Gasteiger partial charge < -0.3 is 9.88 Å². The van der Waals surface area contributed by atoms with Crippen molar-refractivity contribution in [3.05, 3.63) is 35.5 Å². The molecule has 1 heterocycles. The Morgan fingerprint density at radius 3 is 2.94 bits per heavy atom. The molecule has 0 spiro atoms. The van der Waals surface area contributed by atoms with Gasteiger partial charge in [0.05, 0.1) is 0 Å². The monoisotopic (exact) mass is 264 g/mol. The lowest BCUT2D eigenvalue weighted by atomic mass is 10.2. The summed E-state index contributed by atoms with van der Waals surface area (Å²) in [5, 5.41) is 5.56. The summed E-state index contributed by atoms with van der Waals surface area (Å²) in [7, 11) is 0. The van der Waals surface area contributed by atoms with E-state index in [1.807, 2.05) is 12.1 Å². The van der Waals surface area contributed by atoms with Crippen LogP contribution < -0.4 is 5.32 Å². The number of nitrogens with one attached hydrogen (secondary N) is 1. The quantitative estimate of drug-likeness (QED) is 0.832. The van der Waals surface area contributed by atoms with Gasteiger partial charge in [-0.25, -0.2) is 0 Å². The first-order valence-corrected chi connectivity index (χ1v) is 7.06. The van der Waals surface area contributed by atoms with Crippen LogP contribution in [0.1, 0.15) is 26.7 Å². The lowest BCUT2D eigenvalue weighted by Gasteiger charge is -2.13. The van der Waals surface area contributed by atoms with Crippen molar-refractivity contribution in [3.63, 3.8) is 0 Å². The molecule has 1 aromatic carbocycles. The van der Waals surface area contributed by atoms with Crippen molar-refractivity contribution in [1.82, 2.24) is 9.88 Å². The Bertz CT molecular complexity index is 504. The second kappa shape index (κ2) is 6.26. The maximum atomic E-state index is 5.99. The lowest BCUT2D eigenvalue weighted by Crippen LogP contribution is -2.29. The zero-order chi connectivity index (χ0) is 13.0. The number of aromatic nitrogens is 1. The second-order valence-electron chi connectivity index (χ2n) is 4.86. The van der Waals surface area contributed by atoms with Crippen LogP contribution in [0.15, 0.2) is 30.5 Å². The summed E-state index contributed by atoms with van der Waals surface area (Å²) >= 11 is 5.99. The van der Waals surface area contributed by atoms with Crippen LogP contribution in [0.25, 0.3) is 10.9 Å². The number of benzene rings is 1. The van der Waals surface area contributed by atoms with Crippen molar-refractivity contribution < 1.29 is 0 Å². The van der Waals surface area contributed by atoms with Gasteiger partial charge in [-0.2, -0.15) is 0 Å². The fourth-order valence-electron chi connectivity index (χ4n) is 2.33. The molecular formula is C15H21ClN2. The average molecular weight is 265 g/mol. The molecular weight excluding hydrogens is 244 g/mol. The van der Waals surface area contributed by atoms with Crippen LogP contribution in [0.5, 0.6) is 0 Å². The van der Waals surface area contributed by atoms with E-state index in [4.69, 9.17) is 11.6 Å². The smallest absolute Gasteiger partial charge is 0.0481 e. The minimum Gasteiger partial charge on any atom is -0.346 e. The Labute approximate surface area is 114 Å². The highest BCUT2D eigenvalue weighted by molar-refractivity contribution is 6.31. The van der Waals surface area contributed by atoms with Gasteiger partial charge in [0.15, 0.2) is 0 Å². The molecule has 1 unspecified atom stereocenters. The summed E-state index contributed by atoms with van der Waals surface area (Å²) in [6, 6.07) is 8.78. The van der Waals surface area contributed by atoms with Crippen LogP contribution in [-0.4, -0.2) is 17.2 Å². The molecule has 1 atom stereocenters. The number of hydrogen-bond donors (Lipinski definition) is 1. The van der Waals surface area contributed by atoms with E-state index in [9.17, 15) is 0 Å². The van der Waals surface area contributed by atoms with Crippen LogP contribution in [0.3, 0.4) is 0 Å². The molecule has 0 aliphatic rings. The summed E-state index contributed by atoms with van der Waals surface area (Å²) < 4.78 is 2.28. The van der Waals surface area contributed by atoms with Crippen molar-refractivity contribution in [2.24, 2.45) is 0 Å². The Hall–Kier alpha value is -0.990. The van der Waals surface area contributed by atoms with Gasteiger partial charge in [0.2, 0.25) is 0 Å². The Morgan fingerprint density at radius 1 is 1.33 bits per heavy atom. The summed E-state index contributed by atoms with van der Waals surface area (Å²) in [5.41, 5.74) is 1.25. The molecule has 18 heavy (non-hydrogen) atoms. The van der Waals surface area contributed by atoms with E-state index in [1.54, 1.807) is 0 Å². The van der Waals surface area contributed by atoms with Crippen LogP contribution in [-0.2, 0) is 6.54 Å². The van der Waals surface area contributed by atoms with Crippen molar-refractivity contribution >= 4 is 22.5 Å². The molecule has 0 saturated heterocycles. The second-order valence-corrected chi connectivity index (χ2v) is 5.29. The highest BCUT2D eigenvalue weighted by Crippen LogP contribution is 2.20. The zero-order valence-electron chi connectivity index (χ0n) is 11.1. The number of hydrogen-bond acceptors (Lipinski definition) is 1.